The quantitative estimate of drug-likeness (QED) is 0.575. The molecular weight excluding hydrogens is 290 g/mol. The number of hydrogen-bond donors (Lipinski definition) is 2. The third-order valence-electron chi connectivity index (χ3n) is 3.78. The van der Waals surface area contributed by atoms with E-state index in [9.17, 15) is 14.4 Å². The van der Waals surface area contributed by atoms with Crippen LogP contribution in [0.2, 0.25) is 0 Å². The molecule has 1 atom stereocenters. The van der Waals surface area contributed by atoms with E-state index in [1.807, 2.05) is 0 Å². The second kappa shape index (κ2) is 8.60. The first-order valence-electron chi connectivity index (χ1n) is 7.64. The molecule has 0 aromatic heterocycles. The zero-order valence-corrected chi connectivity index (χ0v) is 13.3. The van der Waals surface area contributed by atoms with E-state index < -0.39 is 24.3 Å². The van der Waals surface area contributed by atoms with Gasteiger partial charge in [-0.15, -0.1) is 0 Å². The molecule has 0 radical (unpaired) electrons. The molecule has 1 fully saturated rings. The number of carboxylic acid groups (broad SMARTS) is 1. The Labute approximate surface area is 130 Å². The normalized spacial score (nSPS) is 22.7. The van der Waals surface area contributed by atoms with Gasteiger partial charge in [-0.3, -0.25) is 9.59 Å². The van der Waals surface area contributed by atoms with Crippen LogP contribution in [0.1, 0.15) is 46.5 Å². The predicted octanol–water partition coefficient (Wildman–Crippen LogP) is 2.15. The summed E-state index contributed by atoms with van der Waals surface area (Å²) >= 11 is 0. The van der Waals surface area contributed by atoms with Gasteiger partial charge in [-0.25, -0.2) is 4.79 Å². The number of carbonyl (C=O) groups is 3. The molecule has 0 aliphatic heterocycles. The number of carbonyl (C=O) groups excluding carboxylic acids is 2. The van der Waals surface area contributed by atoms with Crippen LogP contribution in [0, 0.1) is 17.8 Å². The first-order valence-corrected chi connectivity index (χ1v) is 7.64. The highest BCUT2D eigenvalue weighted by Crippen LogP contribution is 2.28. The Bertz CT molecular complexity index is 401. The highest BCUT2D eigenvalue weighted by Gasteiger charge is 2.27. The third-order valence-corrected chi connectivity index (χ3v) is 3.78. The highest BCUT2D eigenvalue weighted by atomic mass is 16.7. The van der Waals surface area contributed by atoms with Gasteiger partial charge < -0.3 is 19.9 Å². The number of rotatable bonds is 6. The van der Waals surface area contributed by atoms with Crippen LogP contribution >= 0.6 is 0 Å². The van der Waals surface area contributed by atoms with Crippen molar-refractivity contribution in [3.05, 3.63) is 0 Å². The summed E-state index contributed by atoms with van der Waals surface area (Å²) in [6.07, 6.45) is 1.29. The average Bonchev–Trinajstić information content (AvgIpc) is 2.44. The molecule has 1 unspecified atom stereocenters. The van der Waals surface area contributed by atoms with Crippen LogP contribution in [0.4, 0.5) is 4.79 Å². The summed E-state index contributed by atoms with van der Waals surface area (Å²) in [5.74, 6) is -1.39. The Kier molecular flexibility index (Phi) is 7.14. The maximum absolute atomic E-state index is 11.7. The molecule has 126 valence electrons. The number of nitrogens with one attached hydrogen (secondary N) is 1. The Morgan fingerprint density at radius 2 is 1.73 bits per heavy atom. The minimum atomic E-state index is -0.903. The third kappa shape index (κ3) is 6.32. The fourth-order valence-corrected chi connectivity index (χ4v) is 2.45. The predicted molar refractivity (Wildman–Crippen MR) is 78.0 cm³/mol. The maximum atomic E-state index is 11.7. The second-order valence-electron chi connectivity index (χ2n) is 6.06. The monoisotopic (exact) mass is 315 g/mol. The fourth-order valence-electron chi connectivity index (χ4n) is 2.45. The summed E-state index contributed by atoms with van der Waals surface area (Å²) in [6.45, 7) is 5.27. The smallest absolute Gasteiger partial charge is 0.410 e. The van der Waals surface area contributed by atoms with Crippen molar-refractivity contribution in [2.24, 2.45) is 17.8 Å². The molecule has 0 bridgehead atoms. The lowest BCUT2D eigenvalue weighted by molar-refractivity contribution is -0.172. The summed E-state index contributed by atoms with van der Waals surface area (Å²) in [7, 11) is 0. The Morgan fingerprint density at radius 1 is 1.14 bits per heavy atom. The molecular formula is C15H25NO6. The van der Waals surface area contributed by atoms with Crippen molar-refractivity contribution in [2.45, 2.75) is 52.7 Å². The standard InChI is InChI=1S/C15H25NO6/c1-9(2)14(21-10(3)17)22-15(20)16-8-11-4-6-12(7-5-11)13(18)19/h9,11-12,14H,4-8H2,1-3H3,(H,16,20)(H,18,19)/t11-,12-,14?. The number of amides is 1. The summed E-state index contributed by atoms with van der Waals surface area (Å²) in [6, 6.07) is 0. The van der Waals surface area contributed by atoms with Crippen molar-refractivity contribution in [2.75, 3.05) is 6.54 Å². The summed E-state index contributed by atoms with van der Waals surface area (Å²) in [5.41, 5.74) is 0. The molecule has 22 heavy (non-hydrogen) atoms. The van der Waals surface area contributed by atoms with Gasteiger partial charge >= 0.3 is 18.0 Å². The molecule has 0 heterocycles. The van der Waals surface area contributed by atoms with E-state index in [2.05, 4.69) is 5.32 Å². The van der Waals surface area contributed by atoms with Gasteiger partial charge in [0.25, 0.3) is 6.29 Å². The van der Waals surface area contributed by atoms with Crippen molar-refractivity contribution in [3.63, 3.8) is 0 Å². The van der Waals surface area contributed by atoms with Crippen molar-refractivity contribution >= 4 is 18.0 Å². The molecule has 1 amide bonds. The van der Waals surface area contributed by atoms with Gasteiger partial charge in [0.1, 0.15) is 0 Å². The van der Waals surface area contributed by atoms with Gasteiger partial charge in [0, 0.05) is 19.4 Å². The van der Waals surface area contributed by atoms with Crippen LogP contribution in [-0.4, -0.2) is 36.0 Å². The molecule has 1 aliphatic carbocycles. The Hall–Kier alpha value is -1.79. The SMILES string of the molecule is CC(=O)OC(OC(=O)NC[C@H]1CC[C@H](C(=O)O)CC1)C(C)C. The lowest BCUT2D eigenvalue weighted by Crippen LogP contribution is -2.37. The molecule has 0 saturated heterocycles. The molecule has 0 aromatic rings. The van der Waals surface area contributed by atoms with E-state index in [0.29, 0.717) is 19.4 Å². The van der Waals surface area contributed by atoms with E-state index in [1.165, 1.54) is 6.92 Å². The van der Waals surface area contributed by atoms with Crippen molar-refractivity contribution < 1.29 is 29.0 Å². The van der Waals surface area contributed by atoms with Crippen molar-refractivity contribution in [1.29, 1.82) is 0 Å². The maximum Gasteiger partial charge on any atom is 0.410 e. The molecule has 1 aliphatic rings. The number of esters is 1. The number of alkyl carbamates (subject to hydrolysis) is 1. The summed E-state index contributed by atoms with van der Waals surface area (Å²) in [5, 5.41) is 11.6. The molecule has 1 rings (SSSR count). The first-order chi connectivity index (χ1) is 10.3. The minimum Gasteiger partial charge on any atom is -0.481 e. The van der Waals surface area contributed by atoms with Gasteiger partial charge in [0.15, 0.2) is 0 Å². The lowest BCUT2D eigenvalue weighted by Gasteiger charge is -2.26. The topological polar surface area (TPSA) is 102 Å². The van der Waals surface area contributed by atoms with E-state index in [0.717, 1.165) is 12.8 Å². The average molecular weight is 315 g/mol. The fraction of sp³-hybridized carbons (Fsp3) is 0.800. The van der Waals surface area contributed by atoms with Crippen LogP contribution < -0.4 is 5.32 Å². The van der Waals surface area contributed by atoms with Crippen LogP contribution in [0.25, 0.3) is 0 Å². The van der Waals surface area contributed by atoms with E-state index in [-0.39, 0.29) is 17.8 Å². The van der Waals surface area contributed by atoms with Crippen molar-refractivity contribution in [1.82, 2.24) is 5.32 Å². The van der Waals surface area contributed by atoms with Crippen LogP contribution in [0.15, 0.2) is 0 Å². The Balaban J connectivity index is 2.31. The summed E-state index contributed by atoms with van der Waals surface area (Å²) in [4.78, 5) is 33.6. The largest absolute Gasteiger partial charge is 0.481 e. The number of ether oxygens (including phenoxy) is 2. The van der Waals surface area contributed by atoms with Crippen LogP contribution in [-0.2, 0) is 19.1 Å². The summed E-state index contributed by atoms with van der Waals surface area (Å²) < 4.78 is 10.0. The molecule has 1 saturated carbocycles. The number of carboxylic acids is 1. The minimum absolute atomic E-state index is 0.138. The Morgan fingerprint density at radius 3 is 2.18 bits per heavy atom. The number of hydrogen-bond acceptors (Lipinski definition) is 5. The molecule has 0 aromatic carbocycles. The van der Waals surface area contributed by atoms with Gasteiger partial charge in [-0.2, -0.15) is 0 Å². The van der Waals surface area contributed by atoms with Gasteiger partial charge in [0.05, 0.1) is 5.92 Å². The van der Waals surface area contributed by atoms with E-state index >= 15 is 0 Å². The van der Waals surface area contributed by atoms with Crippen LogP contribution in [0.5, 0.6) is 0 Å². The van der Waals surface area contributed by atoms with Crippen molar-refractivity contribution in [3.8, 4) is 0 Å². The highest BCUT2D eigenvalue weighted by molar-refractivity contribution is 5.70. The molecule has 0 spiro atoms. The van der Waals surface area contributed by atoms with E-state index in [4.69, 9.17) is 14.6 Å². The van der Waals surface area contributed by atoms with Gasteiger partial charge in [-0.05, 0) is 31.6 Å². The second-order valence-corrected chi connectivity index (χ2v) is 6.06. The molecule has 7 heteroatoms. The molecule has 2 N–H and O–H groups in total. The lowest BCUT2D eigenvalue weighted by atomic mass is 9.82. The number of aliphatic carboxylic acids is 1. The zero-order chi connectivity index (χ0) is 16.7. The van der Waals surface area contributed by atoms with Gasteiger partial charge in [-0.1, -0.05) is 13.8 Å². The van der Waals surface area contributed by atoms with Crippen LogP contribution in [0.3, 0.4) is 0 Å². The van der Waals surface area contributed by atoms with E-state index in [1.54, 1.807) is 13.8 Å². The molecule has 7 nitrogen and oxygen atoms in total. The van der Waals surface area contributed by atoms with Gasteiger partial charge in [0.2, 0.25) is 0 Å². The zero-order valence-electron chi connectivity index (χ0n) is 13.3. The first kappa shape index (κ1) is 18.3.